The average molecular weight is 198 g/mol. The Morgan fingerprint density at radius 3 is 2.87 bits per heavy atom. The summed E-state index contributed by atoms with van der Waals surface area (Å²) in [5.74, 6) is 0.621. The lowest BCUT2D eigenvalue weighted by atomic mass is 10.3. The zero-order valence-electron chi connectivity index (χ0n) is 8.07. The van der Waals surface area contributed by atoms with Gasteiger partial charge in [-0.3, -0.25) is 0 Å². The predicted octanol–water partition coefficient (Wildman–Crippen LogP) is 2.08. The highest BCUT2D eigenvalue weighted by Crippen LogP contribution is 2.04. The molecule has 15 heavy (non-hydrogen) atoms. The second-order valence-electron chi connectivity index (χ2n) is 2.68. The highest BCUT2D eigenvalue weighted by atomic mass is 15.0. The van der Waals surface area contributed by atoms with E-state index in [9.17, 15) is 0 Å². The topological polar surface area (TPSA) is 72.6 Å². The predicted molar refractivity (Wildman–Crippen MR) is 59.6 cm³/mol. The standard InChI is InChI=1S/C11H10N4/c1-2-9(5-12)7-14-11-4-3-10(6-13)8-15-11/h2-5,7-8,12H,1H2,(H,14,15)/b9-7-,12-5?. The lowest BCUT2D eigenvalue weighted by molar-refractivity contribution is 1.28. The van der Waals surface area contributed by atoms with Crippen molar-refractivity contribution in [3.63, 3.8) is 0 Å². The third-order valence-electron chi connectivity index (χ3n) is 1.68. The first-order chi connectivity index (χ1) is 7.30. The molecule has 1 heterocycles. The normalized spacial score (nSPS) is 10.2. The number of anilines is 1. The molecule has 74 valence electrons. The molecule has 0 aliphatic heterocycles. The van der Waals surface area contributed by atoms with Crippen LogP contribution in [0.5, 0.6) is 0 Å². The Labute approximate surface area is 88.1 Å². The molecule has 0 unspecified atom stereocenters. The van der Waals surface area contributed by atoms with Crippen molar-refractivity contribution in [3.8, 4) is 6.07 Å². The Morgan fingerprint density at radius 2 is 2.40 bits per heavy atom. The minimum Gasteiger partial charge on any atom is -0.346 e. The van der Waals surface area contributed by atoms with Crippen molar-refractivity contribution in [2.45, 2.75) is 0 Å². The van der Waals surface area contributed by atoms with Gasteiger partial charge in [-0.15, -0.1) is 0 Å². The van der Waals surface area contributed by atoms with E-state index in [1.165, 1.54) is 12.4 Å². The molecule has 0 saturated heterocycles. The molecule has 0 spiro atoms. The molecule has 1 rings (SSSR count). The van der Waals surface area contributed by atoms with Crippen molar-refractivity contribution in [2.75, 3.05) is 5.32 Å². The number of hydrogen-bond acceptors (Lipinski definition) is 4. The maximum atomic E-state index is 8.56. The fourth-order valence-electron chi connectivity index (χ4n) is 0.862. The van der Waals surface area contributed by atoms with Crippen LogP contribution in [0.4, 0.5) is 5.82 Å². The molecule has 1 aromatic rings. The molecule has 0 radical (unpaired) electrons. The summed E-state index contributed by atoms with van der Waals surface area (Å²) in [6.07, 6.45) is 5.84. The molecule has 0 bridgehead atoms. The smallest absolute Gasteiger partial charge is 0.129 e. The van der Waals surface area contributed by atoms with Crippen LogP contribution in [-0.2, 0) is 0 Å². The first-order valence-corrected chi connectivity index (χ1v) is 4.26. The maximum absolute atomic E-state index is 8.56. The first kappa shape index (κ1) is 10.7. The maximum Gasteiger partial charge on any atom is 0.129 e. The fraction of sp³-hybridized carbons (Fsp3) is 0. The summed E-state index contributed by atoms with van der Waals surface area (Å²) in [6.45, 7) is 3.55. The fourth-order valence-corrected chi connectivity index (χ4v) is 0.862. The van der Waals surface area contributed by atoms with Gasteiger partial charge in [-0.05, 0) is 12.1 Å². The van der Waals surface area contributed by atoms with E-state index in [2.05, 4.69) is 16.9 Å². The minimum absolute atomic E-state index is 0.514. The van der Waals surface area contributed by atoms with E-state index in [-0.39, 0.29) is 0 Å². The molecular formula is C11H10N4. The zero-order chi connectivity index (χ0) is 11.1. The quantitative estimate of drug-likeness (QED) is 0.574. The Kier molecular flexibility index (Phi) is 3.80. The van der Waals surface area contributed by atoms with Gasteiger partial charge in [-0.2, -0.15) is 5.26 Å². The van der Waals surface area contributed by atoms with Crippen molar-refractivity contribution in [1.82, 2.24) is 4.98 Å². The van der Waals surface area contributed by atoms with E-state index >= 15 is 0 Å². The van der Waals surface area contributed by atoms with Crippen molar-refractivity contribution in [2.24, 2.45) is 0 Å². The Balaban J connectivity index is 2.74. The van der Waals surface area contributed by atoms with E-state index < -0.39 is 0 Å². The monoisotopic (exact) mass is 198 g/mol. The average Bonchev–Trinajstić information content (AvgIpc) is 2.31. The number of pyridine rings is 1. The number of aromatic nitrogens is 1. The highest BCUT2D eigenvalue weighted by molar-refractivity contribution is 5.80. The number of nitrogens with one attached hydrogen (secondary N) is 2. The highest BCUT2D eigenvalue weighted by Gasteiger charge is 1.92. The van der Waals surface area contributed by atoms with E-state index in [1.807, 2.05) is 6.07 Å². The van der Waals surface area contributed by atoms with Gasteiger partial charge in [0.15, 0.2) is 0 Å². The largest absolute Gasteiger partial charge is 0.346 e. The van der Waals surface area contributed by atoms with Gasteiger partial charge in [0.25, 0.3) is 0 Å². The van der Waals surface area contributed by atoms with Crippen LogP contribution in [0.1, 0.15) is 5.56 Å². The van der Waals surface area contributed by atoms with Gasteiger partial charge in [-0.1, -0.05) is 12.7 Å². The van der Waals surface area contributed by atoms with Gasteiger partial charge in [0, 0.05) is 24.2 Å². The van der Waals surface area contributed by atoms with Crippen LogP contribution in [0.2, 0.25) is 0 Å². The van der Waals surface area contributed by atoms with Crippen molar-refractivity contribution in [3.05, 3.63) is 48.3 Å². The van der Waals surface area contributed by atoms with Crippen LogP contribution in [0.3, 0.4) is 0 Å². The third-order valence-corrected chi connectivity index (χ3v) is 1.68. The van der Waals surface area contributed by atoms with Gasteiger partial charge >= 0.3 is 0 Å². The molecule has 1 aromatic heterocycles. The molecule has 0 saturated carbocycles. The summed E-state index contributed by atoms with van der Waals surface area (Å²) in [7, 11) is 0. The molecule has 2 N–H and O–H groups in total. The van der Waals surface area contributed by atoms with Crippen molar-refractivity contribution in [1.29, 1.82) is 10.7 Å². The van der Waals surface area contributed by atoms with Crippen molar-refractivity contribution < 1.29 is 0 Å². The van der Waals surface area contributed by atoms with Crippen LogP contribution < -0.4 is 5.32 Å². The number of rotatable bonds is 4. The van der Waals surface area contributed by atoms with Crippen molar-refractivity contribution >= 4 is 12.0 Å². The van der Waals surface area contributed by atoms with E-state index in [4.69, 9.17) is 10.7 Å². The Morgan fingerprint density at radius 1 is 1.60 bits per heavy atom. The van der Waals surface area contributed by atoms with Crippen LogP contribution in [0.25, 0.3) is 0 Å². The number of allylic oxidation sites excluding steroid dienone is 2. The summed E-state index contributed by atoms with van der Waals surface area (Å²) in [5.41, 5.74) is 1.17. The number of hydrogen-bond donors (Lipinski definition) is 2. The van der Waals surface area contributed by atoms with Crippen LogP contribution in [0, 0.1) is 16.7 Å². The molecule has 4 heteroatoms. The first-order valence-electron chi connectivity index (χ1n) is 4.26. The lowest BCUT2D eigenvalue weighted by Crippen LogP contribution is -1.93. The zero-order valence-corrected chi connectivity index (χ0v) is 8.07. The van der Waals surface area contributed by atoms with Gasteiger partial charge in [-0.25, -0.2) is 4.98 Å². The Hall–Kier alpha value is -2.41. The molecule has 0 amide bonds. The van der Waals surface area contributed by atoms with E-state index in [0.717, 1.165) is 0 Å². The van der Waals surface area contributed by atoms with Gasteiger partial charge < -0.3 is 10.7 Å². The van der Waals surface area contributed by atoms with Gasteiger partial charge in [0.05, 0.1) is 5.56 Å². The third kappa shape index (κ3) is 3.08. The Bertz CT molecular complexity index is 413. The number of nitrogens with zero attached hydrogens (tertiary/aromatic N) is 2. The summed E-state index contributed by atoms with van der Waals surface area (Å²) in [5, 5.41) is 18.5. The molecule has 0 atom stereocenters. The molecule has 0 aliphatic carbocycles. The second-order valence-corrected chi connectivity index (χ2v) is 2.68. The summed E-state index contributed by atoms with van der Waals surface area (Å²) >= 11 is 0. The van der Waals surface area contributed by atoms with Crippen LogP contribution in [-0.4, -0.2) is 11.2 Å². The summed E-state index contributed by atoms with van der Waals surface area (Å²) in [4.78, 5) is 4.00. The van der Waals surface area contributed by atoms with E-state index in [1.54, 1.807) is 24.4 Å². The van der Waals surface area contributed by atoms with Gasteiger partial charge in [0.1, 0.15) is 11.9 Å². The lowest BCUT2D eigenvalue weighted by Gasteiger charge is -1.99. The number of nitriles is 1. The van der Waals surface area contributed by atoms with Gasteiger partial charge in [0.2, 0.25) is 0 Å². The molecule has 0 fully saturated rings. The van der Waals surface area contributed by atoms with Crippen LogP contribution in [0.15, 0.2) is 42.8 Å². The van der Waals surface area contributed by atoms with Crippen LogP contribution >= 0.6 is 0 Å². The SMILES string of the molecule is C=C/C(C=N)=C/Nc1ccc(C#N)cn1. The summed E-state index contributed by atoms with van der Waals surface area (Å²) < 4.78 is 0. The summed E-state index contributed by atoms with van der Waals surface area (Å²) in [6, 6.07) is 5.35. The van der Waals surface area contributed by atoms with E-state index in [0.29, 0.717) is 17.0 Å². The molecule has 0 aromatic carbocycles. The molecule has 4 nitrogen and oxygen atoms in total. The molecule has 0 aliphatic rings. The second kappa shape index (κ2) is 5.35. The molecular weight excluding hydrogens is 188 g/mol. The minimum atomic E-state index is 0.514.